The average Bonchev–Trinajstić information content (AvgIpc) is 2.29. The summed E-state index contributed by atoms with van der Waals surface area (Å²) in [6, 6.07) is 7.64. The van der Waals surface area contributed by atoms with E-state index >= 15 is 0 Å². The summed E-state index contributed by atoms with van der Waals surface area (Å²) in [5.41, 5.74) is 0.654. The minimum absolute atomic E-state index is 0.390. The van der Waals surface area contributed by atoms with Crippen molar-refractivity contribution in [3.05, 3.63) is 42.7 Å². The molecule has 1 aromatic carbocycles. The van der Waals surface area contributed by atoms with E-state index in [2.05, 4.69) is 11.9 Å². The van der Waals surface area contributed by atoms with Crippen LogP contribution in [0.5, 0.6) is 5.75 Å². The van der Waals surface area contributed by atoms with Gasteiger partial charge in [-0.25, -0.2) is 4.79 Å². The molecule has 0 aliphatic heterocycles. The quantitative estimate of drug-likeness (QED) is 0.829. The molecule has 0 aliphatic rings. The van der Waals surface area contributed by atoms with Gasteiger partial charge < -0.3 is 14.8 Å². The molecule has 0 aromatic heterocycles. The van der Waals surface area contributed by atoms with Gasteiger partial charge in [0.15, 0.2) is 0 Å². The molecule has 0 bridgehead atoms. The minimum Gasteiger partial charge on any atom is -0.466 e. The van der Waals surface area contributed by atoms with Gasteiger partial charge >= 0.3 is 6.09 Å². The number of amides is 1. The van der Waals surface area contributed by atoms with Gasteiger partial charge in [-0.15, -0.1) is 0 Å². The van der Waals surface area contributed by atoms with Crippen LogP contribution < -0.4 is 10.1 Å². The number of hydrogen-bond acceptors (Lipinski definition) is 3. The van der Waals surface area contributed by atoms with Crippen molar-refractivity contribution in [3.63, 3.8) is 0 Å². The second kappa shape index (κ2) is 6.83. The van der Waals surface area contributed by atoms with Gasteiger partial charge in [-0.1, -0.05) is 18.7 Å². The molecule has 0 unspecified atom stereocenters. The van der Waals surface area contributed by atoms with Crippen LogP contribution in [0.25, 0.3) is 0 Å². The summed E-state index contributed by atoms with van der Waals surface area (Å²) in [5, 5.41) is 2.72. The van der Waals surface area contributed by atoms with Crippen LogP contribution in [-0.4, -0.2) is 18.2 Å². The van der Waals surface area contributed by atoms with E-state index in [9.17, 15) is 4.79 Å². The first-order valence-electron chi connectivity index (χ1n) is 6.24. The van der Waals surface area contributed by atoms with Crippen molar-refractivity contribution in [1.82, 2.24) is 5.32 Å². The third kappa shape index (κ3) is 6.50. The number of nitrogens with one attached hydrogen (secondary N) is 1. The third-order valence-electron chi connectivity index (χ3n) is 2.22. The lowest BCUT2D eigenvalue weighted by Gasteiger charge is -2.19. The Labute approximate surface area is 114 Å². The van der Waals surface area contributed by atoms with Crippen LogP contribution in [0.1, 0.15) is 26.3 Å². The van der Waals surface area contributed by atoms with Crippen LogP contribution >= 0.6 is 0 Å². The molecule has 0 spiro atoms. The summed E-state index contributed by atoms with van der Waals surface area (Å²) in [4.78, 5) is 11.4. The highest BCUT2D eigenvalue weighted by molar-refractivity contribution is 5.67. The van der Waals surface area contributed by atoms with Crippen molar-refractivity contribution in [2.45, 2.75) is 32.8 Å². The lowest BCUT2D eigenvalue weighted by Crippen LogP contribution is -2.33. The maximum absolute atomic E-state index is 11.4. The molecular weight excluding hydrogens is 242 g/mol. The first kappa shape index (κ1) is 15.1. The van der Waals surface area contributed by atoms with Gasteiger partial charge in [0.25, 0.3) is 0 Å². The molecule has 1 rings (SSSR count). The maximum Gasteiger partial charge on any atom is 0.407 e. The molecule has 0 atom stereocenters. The molecular formula is C15H21NO3. The molecule has 19 heavy (non-hydrogen) atoms. The Morgan fingerprint density at radius 1 is 1.32 bits per heavy atom. The molecule has 104 valence electrons. The van der Waals surface area contributed by atoms with Gasteiger partial charge in [0, 0.05) is 6.54 Å². The first-order chi connectivity index (χ1) is 8.90. The number of ether oxygens (including phenoxy) is 2. The van der Waals surface area contributed by atoms with Gasteiger partial charge in [0.2, 0.25) is 0 Å². The van der Waals surface area contributed by atoms with E-state index in [4.69, 9.17) is 9.47 Å². The Bertz CT molecular complexity index is 418. The Hall–Kier alpha value is -1.97. The standard InChI is InChI=1S/C15H21NO3/c1-5-18-13-8-6-12(7-9-13)10-11-16-14(17)19-15(2,3)4/h5-9H,1,10-11H2,2-4H3,(H,16,17). The van der Waals surface area contributed by atoms with E-state index in [0.29, 0.717) is 6.54 Å². The van der Waals surface area contributed by atoms with Crippen LogP contribution in [0.2, 0.25) is 0 Å². The molecule has 1 N–H and O–H groups in total. The van der Waals surface area contributed by atoms with Crippen LogP contribution in [0.4, 0.5) is 4.79 Å². The number of benzene rings is 1. The molecule has 0 fully saturated rings. The highest BCUT2D eigenvalue weighted by atomic mass is 16.6. The Balaban J connectivity index is 2.33. The van der Waals surface area contributed by atoms with E-state index < -0.39 is 5.60 Å². The fourth-order valence-electron chi connectivity index (χ4n) is 1.45. The van der Waals surface area contributed by atoms with Crippen LogP contribution in [0, 0.1) is 0 Å². The molecule has 4 nitrogen and oxygen atoms in total. The summed E-state index contributed by atoms with van der Waals surface area (Å²) in [6.07, 6.45) is 1.74. The highest BCUT2D eigenvalue weighted by Crippen LogP contribution is 2.12. The maximum atomic E-state index is 11.4. The number of alkyl carbamates (subject to hydrolysis) is 1. The average molecular weight is 263 g/mol. The summed E-state index contributed by atoms with van der Waals surface area (Å²) in [6.45, 7) is 9.55. The summed E-state index contributed by atoms with van der Waals surface area (Å²) < 4.78 is 10.3. The first-order valence-corrected chi connectivity index (χ1v) is 6.24. The van der Waals surface area contributed by atoms with Crippen molar-refractivity contribution < 1.29 is 14.3 Å². The largest absolute Gasteiger partial charge is 0.466 e. The molecule has 0 heterocycles. The molecule has 1 amide bonds. The number of rotatable bonds is 5. The summed E-state index contributed by atoms with van der Waals surface area (Å²) >= 11 is 0. The van der Waals surface area contributed by atoms with Gasteiger partial charge in [0.05, 0.1) is 6.26 Å². The van der Waals surface area contributed by atoms with E-state index in [0.717, 1.165) is 17.7 Å². The monoisotopic (exact) mass is 263 g/mol. The van der Waals surface area contributed by atoms with Crippen molar-refractivity contribution in [2.24, 2.45) is 0 Å². The molecule has 0 radical (unpaired) electrons. The van der Waals surface area contributed by atoms with E-state index in [1.165, 1.54) is 6.26 Å². The zero-order valence-electron chi connectivity index (χ0n) is 11.7. The van der Waals surface area contributed by atoms with Crippen molar-refractivity contribution in [1.29, 1.82) is 0 Å². The Morgan fingerprint density at radius 2 is 1.95 bits per heavy atom. The topological polar surface area (TPSA) is 47.6 Å². The summed E-state index contributed by atoms with van der Waals surface area (Å²) in [7, 11) is 0. The number of carbonyl (C=O) groups excluding carboxylic acids is 1. The van der Waals surface area contributed by atoms with Crippen molar-refractivity contribution in [3.8, 4) is 5.75 Å². The smallest absolute Gasteiger partial charge is 0.407 e. The molecule has 0 aliphatic carbocycles. The molecule has 1 aromatic rings. The van der Waals surface area contributed by atoms with E-state index in [-0.39, 0.29) is 6.09 Å². The lowest BCUT2D eigenvalue weighted by atomic mass is 10.1. The van der Waals surface area contributed by atoms with Gasteiger partial charge in [-0.05, 0) is 44.9 Å². The zero-order valence-corrected chi connectivity index (χ0v) is 11.7. The van der Waals surface area contributed by atoms with Crippen molar-refractivity contribution in [2.75, 3.05) is 6.54 Å². The Morgan fingerprint density at radius 3 is 2.47 bits per heavy atom. The van der Waals surface area contributed by atoms with Gasteiger partial charge in [-0.3, -0.25) is 0 Å². The fraction of sp³-hybridized carbons (Fsp3) is 0.400. The molecule has 0 saturated carbocycles. The number of hydrogen-bond donors (Lipinski definition) is 1. The van der Waals surface area contributed by atoms with E-state index in [1.54, 1.807) is 0 Å². The zero-order chi connectivity index (χ0) is 14.3. The normalized spacial score (nSPS) is 10.7. The molecule has 4 heteroatoms. The van der Waals surface area contributed by atoms with Crippen LogP contribution in [0.15, 0.2) is 37.1 Å². The lowest BCUT2D eigenvalue weighted by molar-refractivity contribution is 0.0528. The highest BCUT2D eigenvalue weighted by Gasteiger charge is 2.15. The van der Waals surface area contributed by atoms with Crippen LogP contribution in [-0.2, 0) is 11.2 Å². The minimum atomic E-state index is -0.465. The fourth-order valence-corrected chi connectivity index (χ4v) is 1.45. The van der Waals surface area contributed by atoms with Crippen molar-refractivity contribution >= 4 is 6.09 Å². The van der Waals surface area contributed by atoms with E-state index in [1.807, 2.05) is 45.0 Å². The predicted octanol–water partition coefficient (Wildman–Crippen LogP) is 3.28. The predicted molar refractivity (Wildman–Crippen MR) is 75.2 cm³/mol. The summed E-state index contributed by atoms with van der Waals surface area (Å²) in [5.74, 6) is 0.749. The van der Waals surface area contributed by atoms with Gasteiger partial charge in [0.1, 0.15) is 11.4 Å². The van der Waals surface area contributed by atoms with Gasteiger partial charge in [-0.2, -0.15) is 0 Å². The second-order valence-corrected chi connectivity index (χ2v) is 5.11. The third-order valence-corrected chi connectivity index (χ3v) is 2.22. The SMILES string of the molecule is C=COc1ccc(CCNC(=O)OC(C)(C)C)cc1. The Kier molecular flexibility index (Phi) is 5.42. The van der Waals surface area contributed by atoms with Crippen LogP contribution in [0.3, 0.4) is 0 Å². The molecule has 0 saturated heterocycles. The number of carbonyl (C=O) groups is 1. The second-order valence-electron chi connectivity index (χ2n) is 5.11.